The van der Waals surface area contributed by atoms with Crippen LogP contribution in [-0.4, -0.2) is 18.0 Å². The largest absolute Gasteiger partial charge is 0.279 e. The Labute approximate surface area is 133 Å². The molecule has 0 saturated carbocycles. The van der Waals surface area contributed by atoms with Gasteiger partial charge in [0.05, 0.1) is 6.04 Å². The van der Waals surface area contributed by atoms with Crippen molar-refractivity contribution in [2.45, 2.75) is 6.04 Å². The average molecular weight is 287 g/mol. The van der Waals surface area contributed by atoms with Gasteiger partial charge in [-0.3, -0.25) is 4.90 Å². The van der Waals surface area contributed by atoms with E-state index >= 15 is 0 Å². The van der Waals surface area contributed by atoms with Crippen LogP contribution in [0.5, 0.6) is 0 Å². The molecular formula is C21H21N. The fourth-order valence-electron chi connectivity index (χ4n) is 2.31. The molecule has 0 aliphatic carbocycles. The molecule has 0 aromatic heterocycles. The Morgan fingerprint density at radius 1 is 0.864 bits per heavy atom. The summed E-state index contributed by atoms with van der Waals surface area (Å²) in [5.41, 5.74) is 2.22. The van der Waals surface area contributed by atoms with Crippen LogP contribution in [0.1, 0.15) is 17.2 Å². The summed E-state index contributed by atoms with van der Waals surface area (Å²) < 4.78 is 0. The second-order valence-corrected chi connectivity index (χ2v) is 4.98. The number of rotatable bonds is 6. The average Bonchev–Trinajstić information content (AvgIpc) is 2.57. The van der Waals surface area contributed by atoms with Gasteiger partial charge in [0.1, 0.15) is 0 Å². The van der Waals surface area contributed by atoms with E-state index in [1.807, 2.05) is 60.7 Å². The lowest BCUT2D eigenvalue weighted by atomic mass is 10.0. The molecule has 1 heteroatoms. The highest BCUT2D eigenvalue weighted by Crippen LogP contribution is 2.20. The van der Waals surface area contributed by atoms with Crippen LogP contribution in [0.15, 0.2) is 86.0 Å². The summed E-state index contributed by atoms with van der Waals surface area (Å²) in [6, 6.07) is 20.4. The Morgan fingerprint density at radius 3 is 1.95 bits per heavy atom. The van der Waals surface area contributed by atoms with Crippen molar-refractivity contribution in [2.24, 2.45) is 0 Å². The first-order chi connectivity index (χ1) is 10.8. The summed E-state index contributed by atoms with van der Waals surface area (Å²) in [5, 5.41) is 0. The van der Waals surface area contributed by atoms with Crippen LogP contribution in [0.25, 0.3) is 0 Å². The SMILES string of the molecule is C=CCN(CC=C)C(C#Cc1ccccc1)c1ccccc1. The monoisotopic (exact) mass is 287 g/mol. The first-order valence-corrected chi connectivity index (χ1v) is 7.42. The van der Waals surface area contributed by atoms with E-state index in [0.717, 1.165) is 18.7 Å². The van der Waals surface area contributed by atoms with Crippen LogP contribution in [0.3, 0.4) is 0 Å². The van der Waals surface area contributed by atoms with Crippen molar-refractivity contribution in [3.05, 3.63) is 97.1 Å². The molecule has 0 spiro atoms. The number of nitrogens with zero attached hydrogens (tertiary/aromatic N) is 1. The molecule has 0 fully saturated rings. The van der Waals surface area contributed by atoms with E-state index < -0.39 is 0 Å². The summed E-state index contributed by atoms with van der Waals surface area (Å²) in [4.78, 5) is 2.26. The molecule has 110 valence electrons. The fourth-order valence-corrected chi connectivity index (χ4v) is 2.31. The zero-order valence-electron chi connectivity index (χ0n) is 12.8. The van der Waals surface area contributed by atoms with Crippen molar-refractivity contribution in [3.8, 4) is 11.8 Å². The third-order valence-corrected chi connectivity index (χ3v) is 3.33. The van der Waals surface area contributed by atoms with Gasteiger partial charge in [0, 0.05) is 18.7 Å². The van der Waals surface area contributed by atoms with E-state index in [-0.39, 0.29) is 6.04 Å². The Morgan fingerprint density at radius 2 is 1.41 bits per heavy atom. The van der Waals surface area contributed by atoms with E-state index in [0.29, 0.717) is 0 Å². The van der Waals surface area contributed by atoms with Crippen molar-refractivity contribution < 1.29 is 0 Å². The maximum Gasteiger partial charge on any atom is 0.0979 e. The van der Waals surface area contributed by atoms with Crippen molar-refractivity contribution in [1.82, 2.24) is 4.90 Å². The lowest BCUT2D eigenvalue weighted by molar-refractivity contribution is 0.293. The molecule has 2 aromatic carbocycles. The molecular weight excluding hydrogens is 266 g/mol. The van der Waals surface area contributed by atoms with Crippen molar-refractivity contribution in [2.75, 3.05) is 13.1 Å². The Kier molecular flexibility index (Phi) is 6.23. The smallest absolute Gasteiger partial charge is 0.0979 e. The standard InChI is InChI=1S/C21H21N/c1-3-17-22(18-4-2)21(20-13-9-6-10-14-20)16-15-19-11-7-5-8-12-19/h3-14,21H,1-2,17-18H2. The maximum atomic E-state index is 3.85. The minimum Gasteiger partial charge on any atom is -0.279 e. The first kappa shape index (κ1) is 15.8. The van der Waals surface area contributed by atoms with E-state index in [2.05, 4.69) is 42.0 Å². The molecule has 1 nitrogen and oxygen atoms in total. The molecule has 0 heterocycles. The third-order valence-electron chi connectivity index (χ3n) is 3.33. The normalized spacial score (nSPS) is 11.3. The van der Waals surface area contributed by atoms with Gasteiger partial charge in [-0.05, 0) is 17.7 Å². The summed E-state index contributed by atoms with van der Waals surface area (Å²) in [6.07, 6.45) is 3.81. The predicted molar refractivity (Wildman–Crippen MR) is 94.5 cm³/mol. The van der Waals surface area contributed by atoms with Crippen molar-refractivity contribution >= 4 is 0 Å². The second kappa shape index (κ2) is 8.67. The lowest BCUT2D eigenvalue weighted by Gasteiger charge is -2.26. The van der Waals surface area contributed by atoms with E-state index in [1.54, 1.807) is 0 Å². The Bertz CT molecular complexity index is 637. The second-order valence-electron chi connectivity index (χ2n) is 4.98. The van der Waals surface area contributed by atoms with Crippen LogP contribution < -0.4 is 0 Å². The van der Waals surface area contributed by atoms with Gasteiger partial charge in [0.25, 0.3) is 0 Å². The summed E-state index contributed by atoms with van der Waals surface area (Å²) in [6.45, 7) is 9.25. The topological polar surface area (TPSA) is 3.24 Å². The lowest BCUT2D eigenvalue weighted by Crippen LogP contribution is -2.28. The molecule has 0 aliphatic heterocycles. The zero-order chi connectivity index (χ0) is 15.6. The van der Waals surface area contributed by atoms with E-state index in [1.165, 1.54) is 5.56 Å². The fraction of sp³-hybridized carbons (Fsp3) is 0.143. The molecule has 0 N–H and O–H groups in total. The minimum absolute atomic E-state index is 0.0254. The molecule has 0 amide bonds. The highest BCUT2D eigenvalue weighted by Gasteiger charge is 2.15. The highest BCUT2D eigenvalue weighted by atomic mass is 15.1. The van der Waals surface area contributed by atoms with Gasteiger partial charge in [-0.1, -0.05) is 72.5 Å². The molecule has 2 rings (SSSR count). The minimum atomic E-state index is 0.0254. The van der Waals surface area contributed by atoms with Gasteiger partial charge in [-0.15, -0.1) is 13.2 Å². The molecule has 2 aromatic rings. The van der Waals surface area contributed by atoms with Crippen LogP contribution in [-0.2, 0) is 0 Å². The van der Waals surface area contributed by atoms with Crippen LogP contribution in [0.4, 0.5) is 0 Å². The number of hydrogen-bond acceptors (Lipinski definition) is 1. The highest BCUT2D eigenvalue weighted by molar-refractivity contribution is 5.37. The van der Waals surface area contributed by atoms with Gasteiger partial charge in [-0.2, -0.15) is 0 Å². The van der Waals surface area contributed by atoms with Crippen molar-refractivity contribution in [3.63, 3.8) is 0 Å². The summed E-state index contributed by atoms with van der Waals surface area (Å²) in [5.74, 6) is 6.68. The van der Waals surface area contributed by atoms with E-state index in [4.69, 9.17) is 0 Å². The van der Waals surface area contributed by atoms with Crippen molar-refractivity contribution in [1.29, 1.82) is 0 Å². The molecule has 22 heavy (non-hydrogen) atoms. The Balaban J connectivity index is 2.35. The molecule has 1 atom stereocenters. The molecule has 0 bridgehead atoms. The summed E-state index contributed by atoms with van der Waals surface area (Å²) >= 11 is 0. The van der Waals surface area contributed by atoms with Crippen LogP contribution in [0.2, 0.25) is 0 Å². The predicted octanol–water partition coefficient (Wildman–Crippen LogP) is 4.45. The zero-order valence-corrected chi connectivity index (χ0v) is 12.8. The number of hydrogen-bond donors (Lipinski definition) is 0. The van der Waals surface area contributed by atoms with E-state index in [9.17, 15) is 0 Å². The Hall–Kier alpha value is -2.56. The maximum absolute atomic E-state index is 3.85. The van der Waals surface area contributed by atoms with Gasteiger partial charge < -0.3 is 0 Å². The molecule has 0 saturated heterocycles. The molecule has 0 radical (unpaired) electrons. The van der Waals surface area contributed by atoms with Gasteiger partial charge in [0.2, 0.25) is 0 Å². The van der Waals surface area contributed by atoms with Gasteiger partial charge >= 0.3 is 0 Å². The van der Waals surface area contributed by atoms with Crippen LogP contribution in [0, 0.1) is 11.8 Å². The van der Waals surface area contributed by atoms with Gasteiger partial charge in [0.15, 0.2) is 0 Å². The summed E-state index contributed by atoms with van der Waals surface area (Å²) in [7, 11) is 0. The van der Waals surface area contributed by atoms with Gasteiger partial charge in [-0.25, -0.2) is 0 Å². The molecule has 1 unspecified atom stereocenters. The van der Waals surface area contributed by atoms with Crippen LogP contribution >= 0.6 is 0 Å². The quantitative estimate of drug-likeness (QED) is 0.560. The number of benzene rings is 2. The first-order valence-electron chi connectivity index (χ1n) is 7.42. The third kappa shape index (κ3) is 4.48. The molecule has 0 aliphatic rings.